The van der Waals surface area contributed by atoms with Crippen LogP contribution in [0.1, 0.15) is 5.56 Å². The molecule has 1 aliphatic heterocycles. The van der Waals surface area contributed by atoms with E-state index in [1.807, 2.05) is 48.5 Å². The highest BCUT2D eigenvalue weighted by atomic mass is 32.2. The average molecular weight is 431 g/mol. The van der Waals surface area contributed by atoms with Gasteiger partial charge in [-0.1, -0.05) is 54.6 Å². The SMILES string of the molecule is COc1ccc2cc(S(=O)(=O)N3CCN=C3Cc3cccc4ccccc34)ccc2c1. The molecule has 5 rings (SSSR count). The van der Waals surface area contributed by atoms with Gasteiger partial charge in [0.15, 0.2) is 0 Å². The third-order valence-electron chi connectivity index (χ3n) is 5.72. The molecule has 6 heteroatoms. The number of nitrogens with zero attached hydrogens (tertiary/aromatic N) is 2. The van der Waals surface area contributed by atoms with Crippen molar-refractivity contribution in [1.29, 1.82) is 0 Å². The highest BCUT2D eigenvalue weighted by Crippen LogP contribution is 2.27. The second kappa shape index (κ2) is 7.71. The van der Waals surface area contributed by atoms with Crippen LogP contribution in [-0.4, -0.2) is 38.8 Å². The predicted molar refractivity (Wildman–Crippen MR) is 124 cm³/mol. The van der Waals surface area contributed by atoms with Crippen LogP contribution in [-0.2, 0) is 16.4 Å². The van der Waals surface area contributed by atoms with Gasteiger partial charge in [0.1, 0.15) is 11.6 Å². The molecule has 4 aromatic rings. The molecule has 0 radical (unpaired) electrons. The molecule has 0 unspecified atom stereocenters. The fourth-order valence-corrected chi connectivity index (χ4v) is 5.61. The molecule has 0 saturated carbocycles. The smallest absolute Gasteiger partial charge is 0.265 e. The van der Waals surface area contributed by atoms with Gasteiger partial charge in [-0.3, -0.25) is 9.30 Å². The number of hydrogen-bond acceptors (Lipinski definition) is 4. The normalized spacial score (nSPS) is 14.2. The van der Waals surface area contributed by atoms with Crippen LogP contribution in [0.2, 0.25) is 0 Å². The Morgan fingerprint density at radius 2 is 1.68 bits per heavy atom. The zero-order valence-electron chi connectivity index (χ0n) is 17.2. The summed E-state index contributed by atoms with van der Waals surface area (Å²) in [5.41, 5.74) is 1.07. The molecule has 0 spiro atoms. The van der Waals surface area contributed by atoms with Crippen LogP contribution in [0.5, 0.6) is 5.75 Å². The molecule has 4 aromatic carbocycles. The molecule has 0 atom stereocenters. The Kier molecular flexibility index (Phi) is 4.87. The van der Waals surface area contributed by atoms with E-state index in [0.29, 0.717) is 25.3 Å². The minimum absolute atomic E-state index is 0.276. The van der Waals surface area contributed by atoms with E-state index in [9.17, 15) is 8.42 Å². The van der Waals surface area contributed by atoms with E-state index in [2.05, 4.69) is 23.2 Å². The monoisotopic (exact) mass is 430 g/mol. The van der Waals surface area contributed by atoms with E-state index in [0.717, 1.165) is 32.9 Å². The summed E-state index contributed by atoms with van der Waals surface area (Å²) in [5, 5.41) is 4.05. The molecule has 156 valence electrons. The lowest BCUT2D eigenvalue weighted by Crippen LogP contribution is -2.35. The first kappa shape index (κ1) is 19.6. The van der Waals surface area contributed by atoms with Gasteiger partial charge in [-0.05, 0) is 51.4 Å². The van der Waals surface area contributed by atoms with E-state index in [1.54, 1.807) is 19.2 Å². The highest BCUT2D eigenvalue weighted by molar-refractivity contribution is 7.89. The van der Waals surface area contributed by atoms with Crippen LogP contribution in [0, 0.1) is 0 Å². The van der Waals surface area contributed by atoms with Gasteiger partial charge in [-0.15, -0.1) is 0 Å². The van der Waals surface area contributed by atoms with Crippen molar-refractivity contribution >= 4 is 37.4 Å². The summed E-state index contributed by atoms with van der Waals surface area (Å²) >= 11 is 0. The molecule has 0 aliphatic carbocycles. The van der Waals surface area contributed by atoms with Gasteiger partial charge >= 0.3 is 0 Å². The molecular weight excluding hydrogens is 408 g/mol. The molecule has 31 heavy (non-hydrogen) atoms. The summed E-state index contributed by atoms with van der Waals surface area (Å²) in [5.74, 6) is 1.33. The van der Waals surface area contributed by atoms with E-state index >= 15 is 0 Å². The molecule has 5 nitrogen and oxygen atoms in total. The largest absolute Gasteiger partial charge is 0.497 e. The molecule has 1 aliphatic rings. The van der Waals surface area contributed by atoms with Crippen molar-refractivity contribution < 1.29 is 13.2 Å². The molecule has 0 amide bonds. The fraction of sp³-hybridized carbons (Fsp3) is 0.160. The maximum Gasteiger partial charge on any atom is 0.265 e. The number of amidine groups is 1. The van der Waals surface area contributed by atoms with Gasteiger partial charge in [0.2, 0.25) is 0 Å². The zero-order valence-corrected chi connectivity index (χ0v) is 18.0. The Morgan fingerprint density at radius 3 is 2.55 bits per heavy atom. The van der Waals surface area contributed by atoms with Crippen molar-refractivity contribution in [1.82, 2.24) is 4.31 Å². The van der Waals surface area contributed by atoms with Crippen molar-refractivity contribution in [3.63, 3.8) is 0 Å². The number of fused-ring (bicyclic) bond motifs is 2. The molecule has 0 bridgehead atoms. The maximum absolute atomic E-state index is 13.5. The number of methoxy groups -OCH3 is 1. The number of aliphatic imine (C=N–C) groups is 1. The van der Waals surface area contributed by atoms with Gasteiger partial charge in [-0.2, -0.15) is 0 Å². The van der Waals surface area contributed by atoms with Crippen molar-refractivity contribution in [3.8, 4) is 5.75 Å². The number of rotatable bonds is 5. The molecular formula is C25H22N2O3S. The lowest BCUT2D eigenvalue weighted by atomic mass is 10.0. The Balaban J connectivity index is 1.48. The van der Waals surface area contributed by atoms with Gasteiger partial charge in [-0.25, -0.2) is 8.42 Å². The number of ether oxygens (including phenoxy) is 1. The minimum Gasteiger partial charge on any atom is -0.497 e. The number of hydrogen-bond donors (Lipinski definition) is 0. The van der Waals surface area contributed by atoms with E-state index in [-0.39, 0.29) is 4.90 Å². The van der Waals surface area contributed by atoms with Crippen molar-refractivity contribution in [3.05, 3.63) is 84.4 Å². The first-order valence-corrected chi connectivity index (χ1v) is 11.6. The Labute approximate surface area is 181 Å². The zero-order chi connectivity index (χ0) is 21.4. The van der Waals surface area contributed by atoms with Crippen molar-refractivity contribution in [2.75, 3.05) is 20.2 Å². The molecule has 0 fully saturated rings. The lowest BCUT2D eigenvalue weighted by molar-refractivity contribution is 0.415. The maximum atomic E-state index is 13.5. The molecule has 0 N–H and O–H groups in total. The Morgan fingerprint density at radius 1 is 0.903 bits per heavy atom. The predicted octanol–water partition coefficient (Wildman–Crippen LogP) is 4.65. The molecule has 1 heterocycles. The first-order chi connectivity index (χ1) is 15.1. The summed E-state index contributed by atoms with van der Waals surface area (Å²) in [4.78, 5) is 4.82. The summed E-state index contributed by atoms with van der Waals surface area (Å²) in [6.45, 7) is 0.840. The first-order valence-electron chi connectivity index (χ1n) is 10.2. The fourth-order valence-electron chi connectivity index (χ4n) is 4.11. The third-order valence-corrected chi connectivity index (χ3v) is 7.54. The van der Waals surface area contributed by atoms with E-state index in [1.165, 1.54) is 4.31 Å². The van der Waals surface area contributed by atoms with Gasteiger partial charge in [0, 0.05) is 6.42 Å². The number of benzene rings is 4. The van der Waals surface area contributed by atoms with Crippen LogP contribution in [0.25, 0.3) is 21.5 Å². The minimum atomic E-state index is -3.70. The topological polar surface area (TPSA) is 59.0 Å². The summed E-state index contributed by atoms with van der Waals surface area (Å²) in [6.07, 6.45) is 0.478. The van der Waals surface area contributed by atoms with E-state index in [4.69, 9.17) is 4.74 Å². The summed E-state index contributed by atoms with van der Waals surface area (Å²) < 4.78 is 33.7. The Bertz CT molecular complexity index is 1420. The second-order valence-electron chi connectivity index (χ2n) is 7.57. The molecule has 0 saturated heterocycles. The van der Waals surface area contributed by atoms with Gasteiger partial charge < -0.3 is 4.74 Å². The van der Waals surface area contributed by atoms with Crippen LogP contribution in [0.3, 0.4) is 0 Å². The van der Waals surface area contributed by atoms with E-state index < -0.39 is 10.0 Å². The van der Waals surface area contributed by atoms with Crippen LogP contribution in [0.4, 0.5) is 0 Å². The lowest BCUT2D eigenvalue weighted by Gasteiger charge is -2.21. The highest BCUT2D eigenvalue weighted by Gasteiger charge is 2.30. The van der Waals surface area contributed by atoms with Crippen molar-refractivity contribution in [2.45, 2.75) is 11.3 Å². The molecule has 0 aromatic heterocycles. The third kappa shape index (κ3) is 3.53. The standard InChI is InChI=1S/C25H22N2O3S/c1-30-22-11-9-20-16-23(12-10-19(20)15-22)31(28,29)27-14-13-26-25(27)17-21-7-4-6-18-5-2-3-8-24(18)21/h2-12,15-16H,13-14,17H2,1H3. The van der Waals surface area contributed by atoms with Gasteiger partial charge in [0.05, 0.1) is 25.1 Å². The second-order valence-corrected chi connectivity index (χ2v) is 9.43. The average Bonchev–Trinajstić information content (AvgIpc) is 3.27. The van der Waals surface area contributed by atoms with Crippen LogP contribution >= 0.6 is 0 Å². The van der Waals surface area contributed by atoms with Crippen LogP contribution < -0.4 is 4.74 Å². The Hall–Kier alpha value is -3.38. The van der Waals surface area contributed by atoms with Crippen molar-refractivity contribution in [2.24, 2.45) is 4.99 Å². The number of sulfonamides is 1. The quantitative estimate of drug-likeness (QED) is 0.463. The van der Waals surface area contributed by atoms with Gasteiger partial charge in [0.25, 0.3) is 10.0 Å². The summed E-state index contributed by atoms with van der Waals surface area (Å²) in [7, 11) is -2.08. The van der Waals surface area contributed by atoms with Crippen LogP contribution in [0.15, 0.2) is 88.8 Å². The summed E-state index contributed by atoms with van der Waals surface area (Å²) in [6, 6.07) is 25.1.